The van der Waals surface area contributed by atoms with Gasteiger partial charge in [-0.25, -0.2) is 9.97 Å². The Kier molecular flexibility index (Phi) is 8.33. The second-order valence-corrected chi connectivity index (χ2v) is 9.87. The van der Waals surface area contributed by atoms with Crippen LogP contribution in [0.1, 0.15) is 23.2 Å². The summed E-state index contributed by atoms with van der Waals surface area (Å²) in [6.45, 7) is 2.84. The van der Waals surface area contributed by atoms with Gasteiger partial charge in [0, 0.05) is 29.2 Å². The molecule has 0 spiro atoms. The Morgan fingerprint density at radius 1 is 1.11 bits per heavy atom. The first-order chi connectivity index (χ1) is 18.7. The molecule has 1 saturated heterocycles. The van der Waals surface area contributed by atoms with Crippen molar-refractivity contribution in [3.8, 4) is 18.1 Å². The van der Waals surface area contributed by atoms with Crippen molar-refractivity contribution in [2.45, 2.75) is 18.0 Å². The van der Waals surface area contributed by atoms with Gasteiger partial charge in [-0.3, -0.25) is 9.78 Å². The zero-order valence-corrected chi connectivity index (χ0v) is 21.6. The highest BCUT2D eigenvalue weighted by Gasteiger charge is 2.14. The highest BCUT2D eigenvalue weighted by molar-refractivity contribution is 7.99. The summed E-state index contributed by atoms with van der Waals surface area (Å²) in [6.07, 6.45) is 10.9. The van der Waals surface area contributed by atoms with Crippen LogP contribution in [-0.2, 0) is 0 Å². The first kappa shape index (κ1) is 25.5. The molecule has 1 aliphatic rings. The van der Waals surface area contributed by atoms with E-state index in [9.17, 15) is 4.79 Å². The number of hydrogen-bond donors (Lipinski definition) is 3. The van der Waals surface area contributed by atoms with Crippen molar-refractivity contribution in [1.82, 2.24) is 20.3 Å². The largest absolute Gasteiger partial charge is 0.493 e. The number of carbonyl (C=O) groups is 1. The number of piperidine rings is 1. The lowest BCUT2D eigenvalue weighted by molar-refractivity contribution is 0.102. The van der Waals surface area contributed by atoms with E-state index in [0.29, 0.717) is 33.9 Å². The van der Waals surface area contributed by atoms with E-state index >= 15 is 0 Å². The monoisotopic (exact) mass is 524 g/mol. The molecule has 2 aromatic carbocycles. The molecule has 9 heteroatoms. The molecule has 0 radical (unpaired) electrons. The second-order valence-electron chi connectivity index (χ2n) is 8.93. The maximum atomic E-state index is 12.6. The molecule has 3 N–H and O–H groups in total. The molecular formula is C29H28N6O2S. The lowest BCUT2D eigenvalue weighted by Gasteiger charge is -2.22. The van der Waals surface area contributed by atoms with Gasteiger partial charge < -0.3 is 20.7 Å². The zero-order chi connectivity index (χ0) is 26.2. The molecule has 38 heavy (non-hydrogen) atoms. The predicted octanol–water partition coefficient (Wildman–Crippen LogP) is 5.12. The van der Waals surface area contributed by atoms with E-state index in [1.165, 1.54) is 18.0 Å². The Hall–Kier alpha value is -4.13. The maximum Gasteiger partial charge on any atom is 0.257 e. The molecule has 0 saturated carbocycles. The lowest BCUT2D eigenvalue weighted by atomic mass is 9.99. The average Bonchev–Trinajstić information content (AvgIpc) is 2.97. The van der Waals surface area contributed by atoms with E-state index in [-0.39, 0.29) is 5.91 Å². The molecule has 8 nitrogen and oxygen atoms in total. The second kappa shape index (κ2) is 12.4. The average molecular weight is 525 g/mol. The number of nitrogens with zero attached hydrogens (tertiary/aromatic N) is 3. The van der Waals surface area contributed by atoms with E-state index in [2.05, 4.69) is 31.8 Å². The molecule has 3 heterocycles. The third-order valence-electron chi connectivity index (χ3n) is 6.20. The molecule has 0 bridgehead atoms. The number of terminal acetylenes is 1. The fourth-order valence-electron chi connectivity index (χ4n) is 4.18. The van der Waals surface area contributed by atoms with Crippen molar-refractivity contribution in [2.24, 2.45) is 5.92 Å². The van der Waals surface area contributed by atoms with Crippen molar-refractivity contribution in [3.05, 3.63) is 72.6 Å². The molecule has 5 rings (SSSR count). The number of thioether (sulfide) groups is 1. The number of anilines is 3. The number of benzene rings is 2. The smallest absolute Gasteiger partial charge is 0.257 e. The molecule has 4 aromatic rings. The number of rotatable bonds is 9. The number of carbonyl (C=O) groups excluding carboxylic acids is 1. The minimum absolute atomic E-state index is 0.242. The van der Waals surface area contributed by atoms with Gasteiger partial charge in [-0.05, 0) is 86.4 Å². The summed E-state index contributed by atoms with van der Waals surface area (Å²) in [5, 5.41) is 11.1. The normalized spacial score (nSPS) is 13.6. The molecule has 0 unspecified atom stereocenters. The van der Waals surface area contributed by atoms with Gasteiger partial charge in [0.15, 0.2) is 5.16 Å². The molecular weight excluding hydrogens is 496 g/mol. The van der Waals surface area contributed by atoms with E-state index in [0.717, 1.165) is 54.9 Å². The van der Waals surface area contributed by atoms with Gasteiger partial charge in [0.1, 0.15) is 11.6 Å². The minimum Gasteiger partial charge on any atom is -0.493 e. The van der Waals surface area contributed by atoms with E-state index < -0.39 is 0 Å². The van der Waals surface area contributed by atoms with Crippen molar-refractivity contribution < 1.29 is 9.53 Å². The fraction of sp³-hybridized carbons (Fsp3) is 0.241. The highest BCUT2D eigenvalue weighted by Crippen LogP contribution is 2.30. The number of aromatic nitrogens is 3. The summed E-state index contributed by atoms with van der Waals surface area (Å²) in [5.74, 6) is 4.89. The number of nitrogens with one attached hydrogen (secondary N) is 3. The molecule has 2 aromatic heterocycles. The molecule has 0 atom stereocenters. The summed E-state index contributed by atoms with van der Waals surface area (Å²) in [6, 6.07) is 16.8. The number of fused-ring (bicyclic) bond motifs is 1. The summed E-state index contributed by atoms with van der Waals surface area (Å²) >= 11 is 1.40. The van der Waals surface area contributed by atoms with Gasteiger partial charge in [-0.1, -0.05) is 17.7 Å². The standard InChI is InChI=1S/C29H28N6O2S/c1-2-16-38-29-34-26-10-7-23(33-28(36)21-4-3-13-31-18-21)17-25(26)27(35-29)32-22-5-8-24(9-6-22)37-19-20-11-14-30-15-12-20/h1,3-10,13,17-18,20,30H,11-12,14-16,19H2,(H,33,36)(H,32,34,35). The number of amides is 1. The number of hydrogen-bond acceptors (Lipinski definition) is 8. The maximum absolute atomic E-state index is 12.6. The van der Waals surface area contributed by atoms with Crippen LogP contribution < -0.4 is 20.7 Å². The van der Waals surface area contributed by atoms with Crippen LogP contribution >= 0.6 is 11.8 Å². The van der Waals surface area contributed by atoms with E-state index in [1.54, 1.807) is 18.3 Å². The van der Waals surface area contributed by atoms with Gasteiger partial charge in [0.25, 0.3) is 5.91 Å². The first-order valence-corrected chi connectivity index (χ1v) is 13.5. The van der Waals surface area contributed by atoms with Crippen LogP contribution in [0.4, 0.5) is 17.2 Å². The highest BCUT2D eigenvalue weighted by atomic mass is 32.2. The van der Waals surface area contributed by atoms with Crippen LogP contribution in [0.5, 0.6) is 5.75 Å². The molecule has 1 fully saturated rings. The minimum atomic E-state index is -0.242. The Balaban J connectivity index is 1.36. The first-order valence-electron chi connectivity index (χ1n) is 12.5. The van der Waals surface area contributed by atoms with E-state index in [1.807, 2.05) is 42.5 Å². The van der Waals surface area contributed by atoms with Gasteiger partial charge in [0.05, 0.1) is 23.4 Å². The van der Waals surface area contributed by atoms with Gasteiger partial charge in [0.2, 0.25) is 0 Å². The Morgan fingerprint density at radius 3 is 2.68 bits per heavy atom. The van der Waals surface area contributed by atoms with Gasteiger partial charge in [-0.2, -0.15) is 0 Å². The summed E-state index contributed by atoms with van der Waals surface area (Å²) in [4.78, 5) is 26.0. The fourth-order valence-corrected chi connectivity index (χ4v) is 4.72. The van der Waals surface area contributed by atoms with E-state index in [4.69, 9.17) is 16.1 Å². The number of pyridine rings is 1. The van der Waals surface area contributed by atoms with Crippen LogP contribution in [0, 0.1) is 18.3 Å². The van der Waals surface area contributed by atoms with Crippen molar-refractivity contribution in [2.75, 3.05) is 36.1 Å². The lowest BCUT2D eigenvalue weighted by Crippen LogP contribution is -2.30. The van der Waals surface area contributed by atoms with Crippen LogP contribution in [-0.4, -0.2) is 46.3 Å². The van der Waals surface area contributed by atoms with Crippen LogP contribution in [0.2, 0.25) is 0 Å². The third kappa shape index (κ3) is 6.59. The summed E-state index contributed by atoms with van der Waals surface area (Å²) in [5.41, 5.74) is 2.70. The Bertz CT molecular complexity index is 1430. The quantitative estimate of drug-likeness (QED) is 0.158. The van der Waals surface area contributed by atoms with Crippen LogP contribution in [0.15, 0.2) is 72.1 Å². The Morgan fingerprint density at radius 2 is 1.92 bits per heavy atom. The van der Waals surface area contributed by atoms with Crippen molar-refractivity contribution in [1.29, 1.82) is 0 Å². The van der Waals surface area contributed by atoms with Crippen LogP contribution in [0.3, 0.4) is 0 Å². The molecule has 0 aliphatic carbocycles. The topological polar surface area (TPSA) is 101 Å². The molecule has 1 aliphatic heterocycles. The molecule has 192 valence electrons. The SMILES string of the molecule is C#CCSc1nc(Nc2ccc(OCC3CCNCC3)cc2)c2cc(NC(=O)c3cccnc3)ccc2n1. The number of ether oxygens (including phenoxy) is 1. The molecule has 1 amide bonds. The van der Waals surface area contributed by atoms with Crippen LogP contribution in [0.25, 0.3) is 10.9 Å². The zero-order valence-electron chi connectivity index (χ0n) is 20.8. The van der Waals surface area contributed by atoms with Gasteiger partial charge in [-0.15, -0.1) is 6.42 Å². The third-order valence-corrected chi connectivity index (χ3v) is 6.95. The van der Waals surface area contributed by atoms with Crippen molar-refractivity contribution >= 4 is 45.8 Å². The summed E-state index contributed by atoms with van der Waals surface area (Å²) < 4.78 is 6.03. The van der Waals surface area contributed by atoms with Crippen molar-refractivity contribution in [3.63, 3.8) is 0 Å². The summed E-state index contributed by atoms with van der Waals surface area (Å²) in [7, 11) is 0. The van der Waals surface area contributed by atoms with Gasteiger partial charge >= 0.3 is 0 Å². The predicted molar refractivity (Wildman–Crippen MR) is 152 cm³/mol. The Labute approximate surface area is 226 Å².